The van der Waals surface area contributed by atoms with E-state index >= 15 is 0 Å². The van der Waals surface area contributed by atoms with Crippen LogP contribution >= 0.6 is 0 Å². The van der Waals surface area contributed by atoms with Gasteiger partial charge in [0.2, 0.25) is 11.9 Å². The molecule has 2 aliphatic rings. The molecule has 5 heterocycles. The van der Waals surface area contributed by atoms with E-state index in [0.29, 0.717) is 25.7 Å². The van der Waals surface area contributed by atoms with E-state index in [1.54, 1.807) is 12.4 Å². The fraction of sp³-hybridized carbons (Fsp3) is 0.250. The number of H-pyrrole nitrogens is 1. The summed E-state index contributed by atoms with van der Waals surface area (Å²) < 4.78 is 5.61. The molecular weight excluding hydrogens is 478 g/mol. The lowest BCUT2D eigenvalue weighted by atomic mass is 10.0. The van der Waals surface area contributed by atoms with Gasteiger partial charge in [-0.15, -0.1) is 0 Å². The number of hydrogen-bond donors (Lipinski definition) is 2. The van der Waals surface area contributed by atoms with Crippen molar-refractivity contribution in [2.24, 2.45) is 0 Å². The summed E-state index contributed by atoms with van der Waals surface area (Å²) in [6, 6.07) is 18.0. The Bertz CT molecular complexity index is 1530. The summed E-state index contributed by atoms with van der Waals surface area (Å²) in [7, 11) is 0. The fourth-order valence-electron chi connectivity index (χ4n) is 5.05. The molecule has 2 aliphatic heterocycles. The van der Waals surface area contributed by atoms with E-state index in [2.05, 4.69) is 47.2 Å². The average molecular weight is 506 g/mol. The highest BCUT2D eigenvalue weighted by Crippen LogP contribution is 2.31. The van der Waals surface area contributed by atoms with E-state index in [0.717, 1.165) is 71.6 Å². The van der Waals surface area contributed by atoms with Crippen LogP contribution in [0, 0.1) is 0 Å². The molecule has 0 amide bonds. The molecule has 1 fully saturated rings. The van der Waals surface area contributed by atoms with Crippen molar-refractivity contribution in [3.8, 4) is 11.4 Å². The lowest BCUT2D eigenvalue weighted by Gasteiger charge is -2.34. The first kappa shape index (κ1) is 22.6. The molecule has 10 nitrogen and oxygen atoms in total. The van der Waals surface area contributed by atoms with E-state index in [-0.39, 0.29) is 0 Å². The molecule has 0 bridgehead atoms. The van der Waals surface area contributed by atoms with Crippen LogP contribution in [0.4, 0.5) is 23.4 Å². The van der Waals surface area contributed by atoms with Crippen LogP contribution in [-0.4, -0.2) is 62.8 Å². The second-order valence-corrected chi connectivity index (χ2v) is 9.42. The molecule has 7 rings (SSSR count). The topological polar surface area (TPSA) is 108 Å². The van der Waals surface area contributed by atoms with Crippen LogP contribution in [0.2, 0.25) is 0 Å². The maximum Gasteiger partial charge on any atom is 0.225 e. The molecular formula is C28H27N9O. The van der Waals surface area contributed by atoms with Crippen LogP contribution < -0.4 is 15.1 Å². The maximum absolute atomic E-state index is 5.61. The summed E-state index contributed by atoms with van der Waals surface area (Å²) in [4.78, 5) is 31.5. The van der Waals surface area contributed by atoms with Gasteiger partial charge in [-0.1, -0.05) is 12.1 Å². The maximum atomic E-state index is 5.61. The average Bonchev–Trinajstić information content (AvgIpc) is 3.40. The van der Waals surface area contributed by atoms with Crippen molar-refractivity contribution in [3.05, 3.63) is 78.2 Å². The van der Waals surface area contributed by atoms with Crippen LogP contribution in [0.25, 0.3) is 22.4 Å². The van der Waals surface area contributed by atoms with Gasteiger partial charge in [0.25, 0.3) is 0 Å². The number of hydrogen-bond acceptors (Lipinski definition) is 9. The van der Waals surface area contributed by atoms with Gasteiger partial charge in [-0.3, -0.25) is 0 Å². The van der Waals surface area contributed by atoms with Crippen LogP contribution in [0.5, 0.6) is 0 Å². The van der Waals surface area contributed by atoms with Crippen molar-refractivity contribution in [1.29, 1.82) is 0 Å². The molecule has 0 atom stereocenters. The van der Waals surface area contributed by atoms with Gasteiger partial charge < -0.3 is 24.8 Å². The molecule has 190 valence electrons. The number of aromatic amines is 1. The highest BCUT2D eigenvalue weighted by atomic mass is 16.5. The van der Waals surface area contributed by atoms with Gasteiger partial charge in [0.1, 0.15) is 5.82 Å². The summed E-state index contributed by atoms with van der Waals surface area (Å²) in [5.74, 6) is 3.18. The molecule has 0 spiro atoms. The van der Waals surface area contributed by atoms with Crippen LogP contribution in [-0.2, 0) is 17.7 Å². The summed E-state index contributed by atoms with van der Waals surface area (Å²) in [5.41, 5.74) is 6.07. The molecule has 2 aromatic carbocycles. The number of nitrogens with one attached hydrogen (secondary N) is 2. The summed E-state index contributed by atoms with van der Waals surface area (Å²) in [5, 5.41) is 3.36. The second kappa shape index (κ2) is 9.71. The van der Waals surface area contributed by atoms with Crippen molar-refractivity contribution >= 4 is 34.4 Å². The van der Waals surface area contributed by atoms with Crippen LogP contribution in [0.15, 0.2) is 67.0 Å². The Hall–Kier alpha value is -4.57. The normalized spacial score (nSPS) is 15.5. The van der Waals surface area contributed by atoms with Crippen molar-refractivity contribution in [2.75, 3.05) is 48.0 Å². The van der Waals surface area contributed by atoms with Gasteiger partial charge in [-0.25, -0.2) is 24.9 Å². The first-order valence-electron chi connectivity index (χ1n) is 12.9. The minimum atomic E-state index is 0.651. The third-order valence-corrected chi connectivity index (χ3v) is 6.98. The first-order valence-corrected chi connectivity index (χ1v) is 12.9. The minimum Gasteiger partial charge on any atom is -0.378 e. The number of ether oxygens (including phenoxy) is 1. The van der Waals surface area contributed by atoms with Gasteiger partial charge in [0.15, 0.2) is 5.82 Å². The van der Waals surface area contributed by atoms with Crippen molar-refractivity contribution in [1.82, 2.24) is 29.9 Å². The molecule has 10 heteroatoms. The molecule has 0 aliphatic carbocycles. The molecule has 0 radical (unpaired) electrons. The van der Waals surface area contributed by atoms with Crippen LogP contribution in [0.1, 0.15) is 11.3 Å². The van der Waals surface area contributed by atoms with E-state index in [1.807, 2.05) is 42.5 Å². The van der Waals surface area contributed by atoms with Crippen molar-refractivity contribution in [2.45, 2.75) is 13.0 Å². The number of rotatable bonds is 5. The predicted octanol–water partition coefficient (Wildman–Crippen LogP) is 3.95. The van der Waals surface area contributed by atoms with E-state index in [1.165, 1.54) is 5.56 Å². The molecule has 0 saturated carbocycles. The van der Waals surface area contributed by atoms with E-state index in [4.69, 9.17) is 14.7 Å². The number of imidazole rings is 1. The van der Waals surface area contributed by atoms with E-state index < -0.39 is 0 Å². The second-order valence-electron chi connectivity index (χ2n) is 9.42. The van der Waals surface area contributed by atoms with Gasteiger partial charge >= 0.3 is 0 Å². The largest absolute Gasteiger partial charge is 0.378 e. The Labute approximate surface area is 219 Å². The van der Waals surface area contributed by atoms with Gasteiger partial charge in [-0.05, 0) is 48.9 Å². The lowest BCUT2D eigenvalue weighted by molar-refractivity contribution is 0.122. The van der Waals surface area contributed by atoms with E-state index in [9.17, 15) is 0 Å². The fourth-order valence-corrected chi connectivity index (χ4v) is 5.05. The summed E-state index contributed by atoms with van der Waals surface area (Å²) >= 11 is 0. The quantitative estimate of drug-likeness (QED) is 0.367. The summed E-state index contributed by atoms with van der Waals surface area (Å²) in [6.07, 6.45) is 4.41. The monoisotopic (exact) mass is 505 g/mol. The van der Waals surface area contributed by atoms with Crippen molar-refractivity contribution < 1.29 is 4.74 Å². The number of fused-ring (bicyclic) bond motifs is 2. The number of aromatic nitrogens is 6. The predicted molar refractivity (Wildman–Crippen MR) is 147 cm³/mol. The smallest absolute Gasteiger partial charge is 0.225 e. The number of anilines is 4. The van der Waals surface area contributed by atoms with Gasteiger partial charge in [0, 0.05) is 48.8 Å². The number of nitrogens with zero attached hydrogens (tertiary/aromatic N) is 7. The standard InChI is InChI=1S/C28H27N9O/c1-2-5-23-22(4-1)33-27(34-23)31-20-8-6-19(7-9-20)25-32-24-18-37(28-29-11-3-12-30-28)13-10-21(24)26(35-25)36-14-16-38-17-15-36/h1-9,11-12H,10,13-18H2,(H2,31,33,34). The molecule has 2 N–H and O–H groups in total. The highest BCUT2D eigenvalue weighted by Gasteiger charge is 2.27. The molecule has 3 aromatic heterocycles. The molecule has 0 unspecified atom stereocenters. The van der Waals surface area contributed by atoms with Crippen LogP contribution in [0.3, 0.4) is 0 Å². The Morgan fingerprint density at radius 3 is 2.45 bits per heavy atom. The number of morpholine rings is 1. The SMILES string of the molecule is c1cnc(N2CCc3c(nc(-c4ccc(Nc5nc6ccccc6[nH]5)cc4)nc3N3CCOCC3)C2)nc1. The number of para-hydroxylation sites is 2. The van der Waals surface area contributed by atoms with Gasteiger partial charge in [-0.2, -0.15) is 0 Å². The Balaban J connectivity index is 1.20. The summed E-state index contributed by atoms with van der Waals surface area (Å²) in [6.45, 7) is 4.56. The molecule has 5 aromatic rings. The van der Waals surface area contributed by atoms with Crippen molar-refractivity contribution in [3.63, 3.8) is 0 Å². The number of benzene rings is 2. The zero-order chi connectivity index (χ0) is 25.3. The third kappa shape index (κ3) is 4.39. The minimum absolute atomic E-state index is 0.651. The third-order valence-electron chi connectivity index (χ3n) is 6.98. The zero-order valence-corrected chi connectivity index (χ0v) is 20.8. The zero-order valence-electron chi connectivity index (χ0n) is 20.8. The lowest BCUT2D eigenvalue weighted by Crippen LogP contribution is -2.39. The Kier molecular flexibility index (Phi) is 5.78. The van der Waals surface area contributed by atoms with Gasteiger partial charge in [0.05, 0.1) is 36.5 Å². The Morgan fingerprint density at radius 2 is 1.63 bits per heavy atom. The molecule has 38 heavy (non-hydrogen) atoms. The first-order chi connectivity index (χ1) is 18.8. The molecule has 1 saturated heterocycles. The Morgan fingerprint density at radius 1 is 0.816 bits per heavy atom. The highest BCUT2D eigenvalue weighted by molar-refractivity contribution is 5.78.